The van der Waals surface area contributed by atoms with Crippen LogP contribution in [-0.2, 0) is 15.7 Å². The normalized spacial score (nSPS) is 12.8. The highest BCUT2D eigenvalue weighted by atomic mass is 31.2. The van der Waals surface area contributed by atoms with Crippen molar-refractivity contribution in [3.8, 4) is 23.0 Å². The van der Waals surface area contributed by atoms with Crippen molar-refractivity contribution in [3.63, 3.8) is 0 Å². The topological polar surface area (TPSA) is 209 Å². The van der Waals surface area contributed by atoms with Crippen molar-refractivity contribution < 1.29 is 57.2 Å². The second-order valence-corrected chi connectivity index (χ2v) is 17.2. The quantitative estimate of drug-likeness (QED) is 0.0472. The minimum Gasteiger partial charge on any atom is -0.478 e. The second-order valence-electron chi connectivity index (χ2n) is 14.9. The number of aromatic carboxylic acids is 1. The van der Waals surface area contributed by atoms with Crippen LogP contribution in [0.3, 0.4) is 0 Å². The third-order valence-electron chi connectivity index (χ3n) is 10.5. The van der Waals surface area contributed by atoms with Gasteiger partial charge in [0.2, 0.25) is 0 Å². The maximum atomic E-state index is 14.0. The fraction of sp³-hybridized carbons (Fsp3) is 0.0612. The van der Waals surface area contributed by atoms with E-state index in [-0.39, 0.29) is 46.2 Å². The van der Waals surface area contributed by atoms with E-state index in [0.29, 0.717) is 11.1 Å². The van der Waals surface area contributed by atoms with Crippen LogP contribution in [-0.4, -0.2) is 36.6 Å². The number of ether oxygens (including phenoxy) is 1. The van der Waals surface area contributed by atoms with Gasteiger partial charge in [-0.3, -0.25) is 24.4 Å². The van der Waals surface area contributed by atoms with Crippen LogP contribution in [0.25, 0.3) is 11.1 Å². The Morgan fingerprint density at radius 1 is 0.578 bits per heavy atom. The van der Waals surface area contributed by atoms with Crippen LogP contribution in [0.1, 0.15) is 76.7 Å². The van der Waals surface area contributed by atoms with E-state index in [1.807, 2.05) is 60.7 Å². The van der Waals surface area contributed by atoms with E-state index in [9.17, 15) is 43.4 Å². The van der Waals surface area contributed by atoms with Gasteiger partial charge in [-0.1, -0.05) is 139 Å². The summed E-state index contributed by atoms with van der Waals surface area (Å²) >= 11 is 0. The van der Waals surface area contributed by atoms with Crippen LogP contribution in [0.4, 0.5) is 0 Å². The zero-order valence-corrected chi connectivity index (χ0v) is 35.7. The molecular weight excluding hydrogens is 856 g/mol. The minimum absolute atomic E-state index is 0.00792. The Bertz CT molecular complexity index is 2940. The molecule has 8 rings (SSSR count). The maximum absolute atomic E-state index is 14.0. The highest BCUT2D eigenvalue weighted by Gasteiger charge is 2.35. The Hall–Kier alpha value is -7.08. The summed E-state index contributed by atoms with van der Waals surface area (Å²) < 4.78 is 38.9. The molecule has 0 aliphatic carbocycles. The average Bonchev–Trinajstić information content (AvgIpc) is 3.26. The number of nitrogens with one attached hydrogen (secondary N) is 1. The molecule has 6 N–H and O–H groups in total. The van der Waals surface area contributed by atoms with Crippen LogP contribution in [0.15, 0.2) is 164 Å². The first kappa shape index (κ1) is 43.6. The molecule has 0 spiro atoms. The molecule has 322 valence electrons. The van der Waals surface area contributed by atoms with Crippen LogP contribution in [0, 0.1) is 6.92 Å². The fourth-order valence-corrected chi connectivity index (χ4v) is 8.61. The van der Waals surface area contributed by atoms with Gasteiger partial charge in [-0.25, -0.2) is 13.9 Å². The SMILES string of the molecule is Cc1ccc(/C(=C(\c2ccccc2)c2ccc(CNC(=O)c3cccc(C4c5ccc(OP(=O)(O)O)cc5Oc5cc(OP(=O)(O)O)ccc54)c3C(=O)O)cc2)c2ccccc2)cc1. The number of hydrogen-bond donors (Lipinski definition) is 6. The summed E-state index contributed by atoms with van der Waals surface area (Å²) in [7, 11) is -9.99. The molecule has 0 radical (unpaired) electrons. The van der Waals surface area contributed by atoms with Gasteiger partial charge in [-0.05, 0) is 69.6 Å². The summed E-state index contributed by atoms with van der Waals surface area (Å²) in [5.41, 5.74) is 8.40. The highest BCUT2D eigenvalue weighted by Crippen LogP contribution is 2.52. The summed E-state index contributed by atoms with van der Waals surface area (Å²) in [5.74, 6) is -3.60. The van der Waals surface area contributed by atoms with Crippen LogP contribution < -0.4 is 19.1 Å². The first-order valence-corrected chi connectivity index (χ1v) is 22.8. The van der Waals surface area contributed by atoms with Crippen LogP contribution in [0.5, 0.6) is 23.0 Å². The van der Waals surface area contributed by atoms with Crippen molar-refractivity contribution in [2.75, 3.05) is 0 Å². The highest BCUT2D eigenvalue weighted by molar-refractivity contribution is 7.47. The van der Waals surface area contributed by atoms with E-state index in [1.54, 1.807) is 0 Å². The first-order chi connectivity index (χ1) is 30.6. The lowest BCUT2D eigenvalue weighted by atomic mass is 9.79. The number of carboxylic acid groups (broad SMARTS) is 1. The monoisotopic (exact) mass is 895 g/mol. The molecule has 1 amide bonds. The molecule has 13 nitrogen and oxygen atoms in total. The molecule has 0 aromatic heterocycles. The number of aryl methyl sites for hydroxylation is 1. The molecule has 7 aromatic carbocycles. The zero-order chi connectivity index (χ0) is 45.2. The van der Waals surface area contributed by atoms with E-state index < -0.39 is 33.4 Å². The van der Waals surface area contributed by atoms with Gasteiger partial charge in [-0.2, -0.15) is 0 Å². The van der Waals surface area contributed by atoms with Gasteiger partial charge < -0.3 is 24.2 Å². The van der Waals surface area contributed by atoms with Gasteiger partial charge >= 0.3 is 21.6 Å². The number of rotatable bonds is 13. The van der Waals surface area contributed by atoms with E-state index in [2.05, 4.69) is 60.8 Å². The van der Waals surface area contributed by atoms with Crippen molar-refractivity contribution in [2.24, 2.45) is 0 Å². The van der Waals surface area contributed by atoms with Gasteiger partial charge in [0, 0.05) is 35.7 Å². The van der Waals surface area contributed by atoms with Crippen molar-refractivity contribution in [2.45, 2.75) is 19.4 Å². The smallest absolute Gasteiger partial charge is 0.478 e. The predicted molar refractivity (Wildman–Crippen MR) is 239 cm³/mol. The Morgan fingerprint density at radius 2 is 1.05 bits per heavy atom. The molecular formula is C49H39NO12P2. The molecule has 7 aromatic rings. The van der Waals surface area contributed by atoms with Gasteiger partial charge in [0.25, 0.3) is 5.91 Å². The molecule has 0 atom stereocenters. The number of carboxylic acids is 1. The van der Waals surface area contributed by atoms with Crippen molar-refractivity contribution >= 4 is 38.7 Å². The molecule has 64 heavy (non-hydrogen) atoms. The average molecular weight is 896 g/mol. The second kappa shape index (κ2) is 18.0. The summed E-state index contributed by atoms with van der Waals surface area (Å²) in [4.78, 5) is 65.0. The summed E-state index contributed by atoms with van der Waals surface area (Å²) in [6.45, 7) is 2.11. The zero-order valence-electron chi connectivity index (χ0n) is 33.9. The van der Waals surface area contributed by atoms with Crippen LogP contribution in [0.2, 0.25) is 0 Å². The number of hydrogen-bond acceptors (Lipinski definition) is 7. The molecule has 0 fully saturated rings. The molecule has 15 heteroatoms. The molecule has 1 heterocycles. The molecule has 0 saturated heterocycles. The fourth-order valence-electron chi connectivity index (χ4n) is 7.84. The Balaban J connectivity index is 1.13. The van der Waals surface area contributed by atoms with E-state index >= 15 is 0 Å². The standard InChI is InChI=1S/C49H39NO12P2/c1-30-15-19-34(20-16-30)44(32-9-4-2-5-10-32)45(33-11-6-3-7-12-33)35-21-17-31(18-22-35)29-50-48(51)41-14-8-13-40(47(41)49(52)53)46-38-25-23-36(61-63(54,55)56)27-42(38)60-43-28-37(24-26-39(43)46)62-64(57,58)59/h2-28,46H,29H2,1H3,(H,50,51)(H,52,53)(H2,54,55,56)(H2,57,58,59)/b45-44+. The molecule has 1 aliphatic rings. The largest absolute Gasteiger partial charge is 0.524 e. The van der Waals surface area contributed by atoms with E-state index in [1.165, 1.54) is 54.6 Å². The van der Waals surface area contributed by atoms with Crippen molar-refractivity contribution in [1.82, 2.24) is 5.32 Å². The number of benzene rings is 7. The van der Waals surface area contributed by atoms with Crippen molar-refractivity contribution in [1.29, 1.82) is 0 Å². The molecule has 0 unspecified atom stereocenters. The predicted octanol–water partition coefficient (Wildman–Crippen LogP) is 9.86. The summed E-state index contributed by atoms with van der Waals surface area (Å²) in [6.07, 6.45) is 0. The number of phosphoric ester groups is 2. The molecule has 0 saturated carbocycles. The molecule has 0 bridgehead atoms. The number of amides is 1. The summed E-state index contributed by atoms with van der Waals surface area (Å²) in [6, 6.07) is 48.8. The number of carbonyl (C=O) groups is 2. The van der Waals surface area contributed by atoms with Gasteiger partial charge in [0.15, 0.2) is 0 Å². The number of phosphoric acid groups is 2. The Kier molecular flexibility index (Phi) is 12.2. The Morgan fingerprint density at radius 3 is 1.52 bits per heavy atom. The summed E-state index contributed by atoms with van der Waals surface area (Å²) in [5, 5.41) is 13.6. The first-order valence-electron chi connectivity index (χ1n) is 19.7. The lowest BCUT2D eigenvalue weighted by molar-refractivity contribution is 0.0689. The van der Waals surface area contributed by atoms with Gasteiger partial charge in [0.1, 0.15) is 23.0 Å². The number of fused-ring (bicyclic) bond motifs is 2. The van der Waals surface area contributed by atoms with Crippen molar-refractivity contribution in [3.05, 3.63) is 225 Å². The molecule has 1 aliphatic heterocycles. The minimum atomic E-state index is -5.00. The van der Waals surface area contributed by atoms with Crippen LogP contribution >= 0.6 is 15.6 Å². The third-order valence-corrected chi connectivity index (χ3v) is 11.4. The third kappa shape index (κ3) is 9.76. The lowest BCUT2D eigenvalue weighted by Crippen LogP contribution is -2.26. The maximum Gasteiger partial charge on any atom is 0.524 e. The lowest BCUT2D eigenvalue weighted by Gasteiger charge is -2.30. The van der Waals surface area contributed by atoms with E-state index in [4.69, 9.17) is 13.8 Å². The van der Waals surface area contributed by atoms with E-state index in [0.717, 1.165) is 44.5 Å². The van der Waals surface area contributed by atoms with Gasteiger partial charge in [-0.15, -0.1) is 0 Å². The Labute approximate surface area is 367 Å². The van der Waals surface area contributed by atoms with Gasteiger partial charge in [0.05, 0.1) is 11.1 Å². The number of carbonyl (C=O) groups excluding carboxylic acids is 1.